The molecule has 11 nitrogen and oxygen atoms in total. The molecule has 0 spiro atoms. The second-order valence-corrected chi connectivity index (χ2v) is 9.36. The van der Waals surface area contributed by atoms with Crippen molar-refractivity contribution in [3.8, 4) is 0 Å². The summed E-state index contributed by atoms with van der Waals surface area (Å²) in [4.78, 5) is 46.5. The first kappa shape index (κ1) is 24.4. The minimum absolute atomic E-state index is 0. The molecule has 15 heteroatoms. The van der Waals surface area contributed by atoms with Crippen LogP contribution in [-0.2, 0) is 14.4 Å². The van der Waals surface area contributed by atoms with Crippen molar-refractivity contribution in [2.45, 2.75) is 17.2 Å². The van der Waals surface area contributed by atoms with E-state index in [1.54, 1.807) is 17.8 Å². The van der Waals surface area contributed by atoms with E-state index >= 15 is 0 Å². The predicted molar refractivity (Wildman–Crippen MR) is 113 cm³/mol. The van der Waals surface area contributed by atoms with E-state index in [1.807, 2.05) is 0 Å². The van der Waals surface area contributed by atoms with Gasteiger partial charge in [-0.15, -0.1) is 34.4 Å². The maximum Gasteiger partial charge on any atom is 1.00 e. The van der Waals surface area contributed by atoms with Gasteiger partial charge in [-0.05, 0) is 6.08 Å². The quantitative estimate of drug-likeness (QED) is 0.122. The zero-order valence-corrected chi connectivity index (χ0v) is 20.9. The van der Waals surface area contributed by atoms with Gasteiger partial charge in [0.25, 0.3) is 5.91 Å². The summed E-state index contributed by atoms with van der Waals surface area (Å²) < 4.78 is 0. The fourth-order valence-corrected chi connectivity index (χ4v) is 5.50. The summed E-state index contributed by atoms with van der Waals surface area (Å²) in [5.41, 5.74) is 6.74. The van der Waals surface area contributed by atoms with Crippen LogP contribution in [0.2, 0.25) is 0 Å². The number of aromatic nitrogens is 2. The number of fused-ring (bicyclic) bond motifs is 1. The summed E-state index contributed by atoms with van der Waals surface area (Å²) in [5.74, 6) is -2.67. The average Bonchev–Trinajstić information content (AvgIpc) is 3.38. The summed E-state index contributed by atoms with van der Waals surface area (Å²) in [6.07, 6.45) is 4.84. The second-order valence-electron chi connectivity index (χ2n) is 6.26. The summed E-state index contributed by atoms with van der Waals surface area (Å²) >= 11 is 3.59. The van der Waals surface area contributed by atoms with E-state index < -0.39 is 22.6 Å². The number of anilines is 1. The molecule has 160 valence electrons. The molecule has 4 heterocycles. The summed E-state index contributed by atoms with van der Waals surface area (Å²) in [5, 5.41) is 27.2. The molecule has 1 fully saturated rings. The van der Waals surface area contributed by atoms with Crippen LogP contribution < -0.4 is 45.7 Å². The third-order valence-corrected chi connectivity index (χ3v) is 7.16. The van der Waals surface area contributed by atoms with Gasteiger partial charge >= 0.3 is 29.6 Å². The van der Waals surface area contributed by atoms with Gasteiger partial charge < -0.3 is 26.2 Å². The normalized spacial score (nSPS) is 20.6. The fourth-order valence-electron chi connectivity index (χ4n) is 3.03. The largest absolute Gasteiger partial charge is 1.00 e. The Morgan fingerprint density at radius 2 is 2.16 bits per heavy atom. The molecule has 1 saturated heterocycles. The average molecular weight is 501 g/mol. The van der Waals surface area contributed by atoms with E-state index in [2.05, 4.69) is 20.4 Å². The Kier molecular flexibility index (Phi) is 7.74. The van der Waals surface area contributed by atoms with Crippen LogP contribution in [0.5, 0.6) is 0 Å². The van der Waals surface area contributed by atoms with Gasteiger partial charge in [-0.2, -0.15) is 0 Å². The van der Waals surface area contributed by atoms with Gasteiger partial charge in [0.05, 0.1) is 29.0 Å². The maximum absolute atomic E-state index is 12.8. The molecule has 0 saturated carbocycles. The molecule has 0 radical (unpaired) electrons. The number of carboxylic acids is 1. The Balaban J connectivity index is 0.00000289. The number of carboxylic acid groups (broad SMARTS) is 1. The summed E-state index contributed by atoms with van der Waals surface area (Å²) in [7, 11) is 0. The van der Waals surface area contributed by atoms with E-state index in [1.165, 1.54) is 34.6 Å². The van der Waals surface area contributed by atoms with E-state index in [0.717, 1.165) is 21.1 Å². The molecule has 32 heavy (non-hydrogen) atoms. The minimum atomic E-state index is -1.54. The second kappa shape index (κ2) is 10.1. The number of thioether (sulfide) groups is 1. The van der Waals surface area contributed by atoms with Gasteiger partial charge in [0.15, 0.2) is 10.8 Å². The molecule has 1 unspecified atom stereocenters. The van der Waals surface area contributed by atoms with E-state index in [0.29, 0.717) is 0 Å². The Morgan fingerprint density at radius 1 is 1.38 bits per heavy atom. The number of amides is 2. The maximum atomic E-state index is 12.8. The van der Waals surface area contributed by atoms with Gasteiger partial charge in [-0.1, -0.05) is 11.2 Å². The first-order valence-corrected chi connectivity index (χ1v) is 11.3. The number of rotatable bonds is 6. The van der Waals surface area contributed by atoms with Crippen molar-refractivity contribution in [2.24, 2.45) is 5.16 Å². The minimum Gasteiger partial charge on any atom is -0.543 e. The summed E-state index contributed by atoms with van der Waals surface area (Å²) in [6.45, 7) is 0. The van der Waals surface area contributed by atoms with Gasteiger partial charge in [-0.25, -0.2) is 4.98 Å². The van der Waals surface area contributed by atoms with Crippen molar-refractivity contribution in [2.75, 3.05) is 5.73 Å². The Labute approximate surface area is 215 Å². The zero-order valence-electron chi connectivity index (χ0n) is 16.4. The van der Waals surface area contributed by atoms with Crippen LogP contribution in [0.1, 0.15) is 17.0 Å². The molecule has 2 aliphatic heterocycles. The molecule has 0 aromatic carbocycles. The number of β-lactam (4-membered cyclic amide) rings is 1. The molecule has 0 bridgehead atoms. The van der Waals surface area contributed by atoms with Crippen LogP contribution in [0, 0.1) is 0 Å². The zero-order chi connectivity index (χ0) is 22.1. The van der Waals surface area contributed by atoms with Crippen molar-refractivity contribution in [3.63, 3.8) is 0 Å². The van der Waals surface area contributed by atoms with Crippen molar-refractivity contribution in [1.82, 2.24) is 20.2 Å². The number of thiazole rings is 2. The molecule has 2 aliphatic rings. The molecule has 2 amide bonds. The molecular formula is C17H13N6NaO5S3. The first-order chi connectivity index (χ1) is 14.9. The number of carbonyl (C=O) groups excluding carboxylic acids is 3. The standard InChI is InChI=1S/C17H14N6O5S3.Na/c18-17-20-9(5-29-17)12(22-28)14(25)21-15-8(2-1-7-4-19-6-30-7)13(16(26)27)23-10(24)3-11(23)31-15;/h1-2,4-6,11,15,28H,3H2,(H2,18,20)(H,21,25)(H,26,27);/q;+1/p-1/t11-,15?;/m0./s1. The van der Waals surface area contributed by atoms with Gasteiger partial charge in [0, 0.05) is 22.0 Å². The Morgan fingerprint density at radius 3 is 2.72 bits per heavy atom. The molecule has 4 rings (SSSR count). The molecule has 2 atom stereocenters. The monoisotopic (exact) mass is 500 g/mol. The van der Waals surface area contributed by atoms with Crippen LogP contribution >= 0.6 is 34.4 Å². The number of carbonyl (C=O) groups is 3. The van der Waals surface area contributed by atoms with E-state index in [4.69, 9.17) is 5.73 Å². The van der Waals surface area contributed by atoms with Crippen molar-refractivity contribution < 1.29 is 54.3 Å². The van der Waals surface area contributed by atoms with Crippen molar-refractivity contribution in [3.05, 3.63) is 45.0 Å². The van der Waals surface area contributed by atoms with E-state index in [9.17, 15) is 24.7 Å². The topological polar surface area (TPSA) is 174 Å². The number of hydrogen-bond donors (Lipinski definition) is 3. The van der Waals surface area contributed by atoms with Crippen LogP contribution in [-0.4, -0.2) is 54.3 Å². The number of nitrogens with zero attached hydrogens (tertiary/aromatic N) is 4. The summed E-state index contributed by atoms with van der Waals surface area (Å²) in [6, 6.07) is 0. The molecule has 0 aliphatic carbocycles. The van der Waals surface area contributed by atoms with Crippen molar-refractivity contribution in [1.29, 1.82) is 0 Å². The van der Waals surface area contributed by atoms with Crippen LogP contribution in [0.25, 0.3) is 6.08 Å². The number of aliphatic carboxylic acids is 1. The Bertz CT molecular complexity index is 1150. The van der Waals surface area contributed by atoms with Crippen LogP contribution in [0.3, 0.4) is 0 Å². The van der Waals surface area contributed by atoms with Crippen molar-refractivity contribution >= 4 is 69.1 Å². The first-order valence-electron chi connectivity index (χ1n) is 8.63. The molecular weight excluding hydrogens is 487 g/mol. The van der Waals surface area contributed by atoms with Crippen LogP contribution in [0.4, 0.5) is 5.13 Å². The molecule has 4 N–H and O–H groups in total. The number of oxime groups is 1. The predicted octanol–water partition coefficient (Wildman–Crippen LogP) is -3.17. The Hall–Kier alpha value is -2.23. The third-order valence-electron chi connectivity index (χ3n) is 4.41. The van der Waals surface area contributed by atoms with Gasteiger partial charge in [-0.3, -0.25) is 19.5 Å². The number of nitrogens with one attached hydrogen (secondary N) is 1. The van der Waals surface area contributed by atoms with Gasteiger partial charge in [0.1, 0.15) is 11.1 Å². The number of nitrogens with two attached hydrogens (primary N) is 1. The van der Waals surface area contributed by atoms with Gasteiger partial charge in [0.2, 0.25) is 5.91 Å². The fraction of sp³-hybridized carbons (Fsp3) is 0.176. The SMILES string of the molecule is Nc1nc(C(=NO)C(=O)NC2S[C@H]3CC(=O)N3C(C(=O)[O-])=C2C=Cc2cncs2)cs1.[Na+]. The third kappa shape index (κ3) is 4.74. The smallest absolute Gasteiger partial charge is 0.543 e. The molecule has 2 aromatic rings. The number of nitrogen functional groups attached to an aromatic ring is 1. The molecule has 2 aromatic heterocycles. The number of hydrogen-bond acceptors (Lipinski definition) is 12. The van der Waals surface area contributed by atoms with Crippen LogP contribution in [0.15, 0.2) is 39.6 Å². The van der Waals surface area contributed by atoms with E-state index in [-0.39, 0.29) is 69.7 Å².